The summed E-state index contributed by atoms with van der Waals surface area (Å²) in [5.74, 6) is 0. The first-order valence-corrected chi connectivity index (χ1v) is 7.85. The molecule has 1 atom stereocenters. The van der Waals surface area contributed by atoms with Crippen LogP contribution in [-0.2, 0) is 5.41 Å². The Kier molecular flexibility index (Phi) is 3.62. The van der Waals surface area contributed by atoms with Gasteiger partial charge in [0.2, 0.25) is 0 Å². The van der Waals surface area contributed by atoms with Crippen LogP contribution in [0.1, 0.15) is 52.4 Å². The summed E-state index contributed by atoms with van der Waals surface area (Å²) in [6, 6.07) is 8.73. The minimum Gasteiger partial charge on any atom is -0.287 e. The lowest BCUT2D eigenvalue weighted by molar-refractivity contribution is 0.585. The smallest absolute Gasteiger partial charge is 0.0524 e. The molecule has 19 heavy (non-hydrogen) atoms. The van der Waals surface area contributed by atoms with Crippen LogP contribution in [0.25, 0.3) is 10.5 Å². The van der Waals surface area contributed by atoms with E-state index in [1.54, 1.807) is 0 Å². The largest absolute Gasteiger partial charge is 0.287 e. The van der Waals surface area contributed by atoms with Gasteiger partial charge in [-0.1, -0.05) is 45.0 Å². The highest BCUT2D eigenvalue weighted by Gasteiger charge is 2.21. The van der Waals surface area contributed by atoms with Gasteiger partial charge in [-0.3, -0.25) is 4.99 Å². The number of hydrogen-bond acceptors (Lipinski definition) is 1. The third kappa shape index (κ3) is 3.28. The first kappa shape index (κ1) is 14.3. The van der Waals surface area contributed by atoms with Crippen LogP contribution in [0.2, 0.25) is 0 Å². The molecule has 102 valence electrons. The van der Waals surface area contributed by atoms with Gasteiger partial charge in [0.05, 0.1) is 5.54 Å². The van der Waals surface area contributed by atoms with Crippen molar-refractivity contribution in [2.75, 3.05) is 0 Å². The summed E-state index contributed by atoms with van der Waals surface area (Å²) >= 11 is 0. The van der Waals surface area contributed by atoms with E-state index in [1.165, 1.54) is 21.4 Å². The number of rotatable bonds is 1. The highest BCUT2D eigenvalue weighted by molar-refractivity contribution is 7.38. The van der Waals surface area contributed by atoms with E-state index in [0.29, 0.717) is 0 Å². The summed E-state index contributed by atoms with van der Waals surface area (Å²) < 4.78 is 0. The van der Waals surface area contributed by atoms with Crippen LogP contribution in [0.4, 0.5) is 0 Å². The van der Waals surface area contributed by atoms with Crippen molar-refractivity contribution in [2.24, 2.45) is 4.99 Å². The van der Waals surface area contributed by atoms with Crippen molar-refractivity contribution in [3.05, 3.63) is 35.1 Å². The van der Waals surface area contributed by atoms with E-state index in [-0.39, 0.29) is 11.0 Å². The Morgan fingerprint density at radius 2 is 1.63 bits per heavy atom. The van der Waals surface area contributed by atoms with Gasteiger partial charge in [0.25, 0.3) is 0 Å². The summed E-state index contributed by atoms with van der Waals surface area (Å²) in [5.41, 5.74) is 1.53. The van der Waals surface area contributed by atoms with Crippen molar-refractivity contribution in [1.82, 2.24) is 0 Å². The maximum absolute atomic E-state index is 4.72. The van der Waals surface area contributed by atoms with Crippen LogP contribution >= 0.6 is 8.19 Å². The van der Waals surface area contributed by atoms with Gasteiger partial charge in [-0.2, -0.15) is 0 Å². The number of nitrogens with zero attached hydrogens (tertiary/aromatic N) is 1. The molecular formula is C17H24NP. The summed E-state index contributed by atoms with van der Waals surface area (Å²) in [7, 11) is 0.784. The second-order valence-corrected chi connectivity index (χ2v) is 8.43. The zero-order chi connectivity index (χ0) is 14.3. The van der Waals surface area contributed by atoms with Crippen molar-refractivity contribution in [2.45, 2.75) is 52.5 Å². The van der Waals surface area contributed by atoms with Gasteiger partial charge in [0.15, 0.2) is 0 Å². The average Bonchev–Trinajstić information content (AvgIpc) is 2.63. The minimum absolute atomic E-state index is 0.0172. The second-order valence-electron chi connectivity index (χ2n) is 7.14. The zero-order valence-electron chi connectivity index (χ0n) is 12.8. The van der Waals surface area contributed by atoms with Gasteiger partial charge >= 0.3 is 0 Å². The van der Waals surface area contributed by atoms with Crippen molar-refractivity contribution in [3.8, 4) is 0 Å². The second kappa shape index (κ2) is 4.80. The van der Waals surface area contributed by atoms with Crippen molar-refractivity contribution in [3.63, 3.8) is 0 Å². The summed E-state index contributed by atoms with van der Waals surface area (Å²) in [6.45, 7) is 13.3. The first-order valence-electron chi connectivity index (χ1n) is 6.85. The van der Waals surface area contributed by atoms with Crippen LogP contribution in [0.3, 0.4) is 0 Å². The van der Waals surface area contributed by atoms with Gasteiger partial charge in [0.1, 0.15) is 0 Å². The molecule has 1 aromatic heterocycles. The Bertz CT molecular complexity index is 606. The Balaban J connectivity index is 2.65. The van der Waals surface area contributed by atoms with Gasteiger partial charge in [0, 0.05) is 11.8 Å². The monoisotopic (exact) mass is 273 g/mol. The molecule has 1 heterocycles. The molecule has 1 unspecified atom stereocenters. The number of hydrogen-bond donors (Lipinski definition) is 0. The highest BCUT2D eigenvalue weighted by atomic mass is 31.0. The Morgan fingerprint density at radius 1 is 1.00 bits per heavy atom. The average molecular weight is 273 g/mol. The van der Waals surface area contributed by atoms with E-state index >= 15 is 0 Å². The van der Waals surface area contributed by atoms with E-state index < -0.39 is 0 Å². The van der Waals surface area contributed by atoms with Crippen LogP contribution in [0.15, 0.2) is 29.3 Å². The summed E-state index contributed by atoms with van der Waals surface area (Å²) in [4.78, 5) is 4.72. The van der Waals surface area contributed by atoms with Crippen LogP contribution in [-0.4, -0.2) is 11.8 Å². The summed E-state index contributed by atoms with van der Waals surface area (Å²) in [5, 5.41) is 4.36. The lowest BCUT2D eigenvalue weighted by Gasteiger charge is -2.19. The lowest BCUT2D eigenvalue weighted by Crippen LogP contribution is -2.13. The van der Waals surface area contributed by atoms with Crippen molar-refractivity contribution >= 4 is 24.9 Å². The van der Waals surface area contributed by atoms with Crippen molar-refractivity contribution < 1.29 is 0 Å². The molecule has 0 spiro atoms. The molecule has 0 bridgehead atoms. The lowest BCUT2D eigenvalue weighted by atomic mass is 9.91. The molecule has 0 radical (unpaired) electrons. The predicted molar refractivity (Wildman–Crippen MR) is 89.5 cm³/mol. The molecular weight excluding hydrogens is 249 g/mol. The Morgan fingerprint density at radius 3 is 2.21 bits per heavy atom. The predicted octanol–water partition coefficient (Wildman–Crippen LogP) is 5.39. The Labute approximate surface area is 118 Å². The van der Waals surface area contributed by atoms with E-state index in [1.807, 2.05) is 0 Å². The standard InChI is InChI=1S/C17H24NP/c1-16(2,3)15-13(11-18-17(4,5)6)12-9-7-8-10-14(12)19-15/h7-11,19H,1-6H3. The molecule has 0 aliphatic rings. The first-order chi connectivity index (χ1) is 8.68. The van der Waals surface area contributed by atoms with E-state index in [4.69, 9.17) is 4.99 Å². The van der Waals surface area contributed by atoms with Crippen LogP contribution in [0, 0.1) is 0 Å². The van der Waals surface area contributed by atoms with E-state index in [0.717, 1.165) is 8.19 Å². The van der Waals surface area contributed by atoms with Crippen LogP contribution in [0.5, 0.6) is 0 Å². The molecule has 0 aliphatic heterocycles. The quantitative estimate of drug-likeness (QED) is 0.618. The fourth-order valence-corrected chi connectivity index (χ4v) is 3.66. The minimum atomic E-state index is -0.0172. The molecule has 1 nitrogen and oxygen atoms in total. The third-order valence-electron chi connectivity index (χ3n) is 3.08. The third-order valence-corrected chi connectivity index (χ3v) is 5.05. The molecule has 0 amide bonds. The van der Waals surface area contributed by atoms with E-state index in [2.05, 4.69) is 72.0 Å². The van der Waals surface area contributed by atoms with Gasteiger partial charge in [-0.25, -0.2) is 0 Å². The van der Waals surface area contributed by atoms with E-state index in [9.17, 15) is 0 Å². The molecule has 0 aliphatic carbocycles. The molecule has 1 aromatic carbocycles. The molecule has 0 saturated carbocycles. The molecule has 0 N–H and O–H groups in total. The van der Waals surface area contributed by atoms with Crippen molar-refractivity contribution in [1.29, 1.82) is 0 Å². The van der Waals surface area contributed by atoms with Crippen LogP contribution < -0.4 is 0 Å². The van der Waals surface area contributed by atoms with Gasteiger partial charge in [-0.15, -0.1) is 8.19 Å². The molecule has 0 saturated heterocycles. The molecule has 0 fully saturated rings. The fraction of sp³-hybridized carbons (Fsp3) is 0.471. The number of aliphatic imine (C=N–C) groups is 1. The fourth-order valence-electron chi connectivity index (χ4n) is 2.15. The molecule has 2 heteroatoms. The van der Waals surface area contributed by atoms with Gasteiger partial charge in [-0.05, 0) is 42.0 Å². The summed E-state index contributed by atoms with van der Waals surface area (Å²) in [6.07, 6.45) is 2.10. The normalized spacial score (nSPS) is 14.0. The van der Waals surface area contributed by atoms with Gasteiger partial charge < -0.3 is 0 Å². The topological polar surface area (TPSA) is 12.4 Å². The maximum atomic E-state index is 4.72. The number of fused-ring (bicyclic) bond motifs is 1. The zero-order valence-corrected chi connectivity index (χ0v) is 13.8. The SMILES string of the molecule is CC(C)(C)N=Cc1c(C(C)(C)C)[pH]c2ccccc12. The Hall–Kier alpha value is -1.07. The highest BCUT2D eigenvalue weighted by Crippen LogP contribution is 2.41. The molecule has 2 rings (SSSR count). The number of benzene rings is 1. The maximum Gasteiger partial charge on any atom is 0.0524 e. The molecule has 2 aromatic rings.